The normalized spacial score (nSPS) is 17.0. The van der Waals surface area contributed by atoms with Crippen LogP contribution in [0.2, 0.25) is 0 Å². The fourth-order valence-corrected chi connectivity index (χ4v) is 3.51. The zero-order valence-electron chi connectivity index (χ0n) is 15.1. The Bertz CT molecular complexity index is 965. The van der Waals surface area contributed by atoms with E-state index in [0.717, 1.165) is 36.7 Å². The van der Waals surface area contributed by atoms with Crippen LogP contribution in [-0.4, -0.2) is 56.0 Å². The summed E-state index contributed by atoms with van der Waals surface area (Å²) in [5, 5.41) is 4.46. The average molecular weight is 351 g/mol. The van der Waals surface area contributed by atoms with Gasteiger partial charge in [-0.15, -0.1) is 0 Å². The van der Waals surface area contributed by atoms with Crippen molar-refractivity contribution in [2.24, 2.45) is 0 Å². The van der Waals surface area contributed by atoms with Gasteiger partial charge in [0.15, 0.2) is 5.65 Å². The average Bonchev–Trinajstić information content (AvgIpc) is 3.28. The molecule has 1 aliphatic heterocycles. The molecule has 8 nitrogen and oxygen atoms in total. The lowest BCUT2D eigenvalue weighted by atomic mass is 10.1. The largest absolute Gasteiger partial charge is 0.348 e. The molecule has 0 aliphatic carbocycles. The molecule has 1 atom stereocenters. The molecule has 0 saturated carbocycles. The second-order valence-corrected chi connectivity index (χ2v) is 6.68. The number of anilines is 1. The summed E-state index contributed by atoms with van der Waals surface area (Å²) >= 11 is 0. The molecule has 26 heavy (non-hydrogen) atoms. The van der Waals surface area contributed by atoms with Crippen LogP contribution in [0.3, 0.4) is 0 Å². The number of aryl methyl sites for hydroxylation is 1. The third-order valence-corrected chi connectivity index (χ3v) is 4.72. The maximum Gasteiger partial charge on any atom is 0.258 e. The van der Waals surface area contributed by atoms with Crippen molar-refractivity contribution in [2.75, 3.05) is 25.5 Å². The molecule has 0 bridgehead atoms. The number of fused-ring (bicyclic) bond motifs is 1. The van der Waals surface area contributed by atoms with E-state index in [0.29, 0.717) is 11.2 Å². The Morgan fingerprint density at radius 1 is 1.23 bits per heavy atom. The maximum absolute atomic E-state index is 12.4. The van der Waals surface area contributed by atoms with E-state index < -0.39 is 0 Å². The van der Waals surface area contributed by atoms with E-state index in [2.05, 4.69) is 25.0 Å². The Kier molecular flexibility index (Phi) is 4.02. The third kappa shape index (κ3) is 2.67. The molecule has 0 aromatic carbocycles. The molecule has 4 heterocycles. The number of carbonyl (C=O) groups is 1. The Hall–Kier alpha value is -3.03. The number of carbonyl (C=O) groups excluding carboxylic acids is 1. The highest BCUT2D eigenvalue weighted by Gasteiger charge is 2.30. The van der Waals surface area contributed by atoms with E-state index in [1.165, 1.54) is 4.90 Å². The van der Waals surface area contributed by atoms with Crippen LogP contribution in [0.1, 0.15) is 40.8 Å². The van der Waals surface area contributed by atoms with Gasteiger partial charge in [-0.25, -0.2) is 19.5 Å². The molecular formula is C18H21N7O. The number of hydrogen-bond donors (Lipinski definition) is 0. The fourth-order valence-electron chi connectivity index (χ4n) is 3.51. The maximum atomic E-state index is 12.4. The lowest BCUT2D eigenvalue weighted by Crippen LogP contribution is -2.26. The highest BCUT2D eigenvalue weighted by Crippen LogP contribution is 2.35. The SMILES string of the molecule is Cc1nccc(N2CCC[C@H]2c2ccnc3c(C(=O)N(C)C)cnn23)n1. The first-order chi connectivity index (χ1) is 12.6. The van der Waals surface area contributed by atoms with Crippen LogP contribution in [0.5, 0.6) is 0 Å². The Morgan fingerprint density at radius 2 is 2.04 bits per heavy atom. The number of amides is 1. The van der Waals surface area contributed by atoms with Crippen molar-refractivity contribution in [2.45, 2.75) is 25.8 Å². The minimum atomic E-state index is -0.0978. The van der Waals surface area contributed by atoms with Gasteiger partial charge in [0.1, 0.15) is 17.2 Å². The van der Waals surface area contributed by atoms with Crippen LogP contribution in [0.15, 0.2) is 30.7 Å². The predicted molar refractivity (Wildman–Crippen MR) is 97.1 cm³/mol. The first-order valence-corrected chi connectivity index (χ1v) is 8.67. The summed E-state index contributed by atoms with van der Waals surface area (Å²) in [6.45, 7) is 2.82. The van der Waals surface area contributed by atoms with Gasteiger partial charge in [-0.1, -0.05) is 0 Å². The summed E-state index contributed by atoms with van der Waals surface area (Å²) in [6.07, 6.45) is 7.21. The van der Waals surface area contributed by atoms with E-state index in [9.17, 15) is 4.79 Å². The minimum Gasteiger partial charge on any atom is -0.348 e. The molecular weight excluding hydrogens is 330 g/mol. The first kappa shape index (κ1) is 16.4. The van der Waals surface area contributed by atoms with Gasteiger partial charge in [-0.05, 0) is 31.9 Å². The number of aromatic nitrogens is 5. The summed E-state index contributed by atoms with van der Waals surface area (Å²) in [7, 11) is 3.46. The van der Waals surface area contributed by atoms with E-state index in [1.807, 2.05) is 19.1 Å². The number of nitrogens with zero attached hydrogens (tertiary/aromatic N) is 7. The van der Waals surface area contributed by atoms with E-state index >= 15 is 0 Å². The monoisotopic (exact) mass is 351 g/mol. The van der Waals surface area contributed by atoms with Crippen molar-refractivity contribution in [3.63, 3.8) is 0 Å². The van der Waals surface area contributed by atoms with Gasteiger partial charge in [-0.2, -0.15) is 5.10 Å². The van der Waals surface area contributed by atoms with Gasteiger partial charge in [0.2, 0.25) is 0 Å². The molecule has 4 rings (SSSR count). The predicted octanol–water partition coefficient (Wildman–Crippen LogP) is 1.87. The van der Waals surface area contributed by atoms with Crippen LogP contribution in [0.25, 0.3) is 5.65 Å². The highest BCUT2D eigenvalue weighted by molar-refractivity contribution is 5.99. The summed E-state index contributed by atoms with van der Waals surface area (Å²) in [5.74, 6) is 1.58. The highest BCUT2D eigenvalue weighted by atomic mass is 16.2. The molecule has 1 saturated heterocycles. The molecule has 1 amide bonds. The molecule has 0 spiro atoms. The van der Waals surface area contributed by atoms with Crippen molar-refractivity contribution in [3.8, 4) is 0 Å². The molecule has 0 unspecified atom stereocenters. The van der Waals surface area contributed by atoms with Crippen LogP contribution >= 0.6 is 0 Å². The minimum absolute atomic E-state index is 0.0978. The van der Waals surface area contributed by atoms with Gasteiger partial charge in [0, 0.05) is 33.0 Å². The second-order valence-electron chi connectivity index (χ2n) is 6.68. The molecule has 0 N–H and O–H groups in total. The van der Waals surface area contributed by atoms with Crippen LogP contribution in [0, 0.1) is 6.92 Å². The lowest BCUT2D eigenvalue weighted by Gasteiger charge is -2.26. The van der Waals surface area contributed by atoms with Gasteiger partial charge in [0.25, 0.3) is 5.91 Å². The second kappa shape index (κ2) is 6.36. The zero-order valence-corrected chi connectivity index (χ0v) is 15.1. The topological polar surface area (TPSA) is 79.5 Å². The fraction of sp³-hybridized carbons (Fsp3) is 0.389. The molecule has 3 aromatic rings. The van der Waals surface area contributed by atoms with Crippen LogP contribution in [0.4, 0.5) is 5.82 Å². The zero-order chi connectivity index (χ0) is 18.3. The van der Waals surface area contributed by atoms with Gasteiger partial charge < -0.3 is 9.80 Å². The van der Waals surface area contributed by atoms with Crippen molar-refractivity contribution >= 4 is 17.4 Å². The van der Waals surface area contributed by atoms with Crippen molar-refractivity contribution in [1.82, 2.24) is 29.5 Å². The van der Waals surface area contributed by atoms with Gasteiger partial charge in [-0.3, -0.25) is 4.79 Å². The number of rotatable bonds is 3. The first-order valence-electron chi connectivity index (χ1n) is 8.67. The third-order valence-electron chi connectivity index (χ3n) is 4.72. The summed E-state index contributed by atoms with van der Waals surface area (Å²) < 4.78 is 1.79. The number of hydrogen-bond acceptors (Lipinski definition) is 6. The van der Waals surface area contributed by atoms with E-state index in [1.54, 1.807) is 37.2 Å². The molecule has 0 radical (unpaired) electrons. The molecule has 1 aliphatic rings. The Labute approximate surface area is 151 Å². The standard InChI is InChI=1S/C18H21N7O/c1-12-19-9-7-16(22-12)24-10-4-5-14(24)15-6-8-20-17-13(11-21-25(15)17)18(26)23(2)3/h6-9,11,14H,4-5,10H2,1-3H3/t14-/m0/s1. The van der Waals surface area contributed by atoms with E-state index in [4.69, 9.17) is 0 Å². The molecule has 8 heteroatoms. The molecule has 3 aromatic heterocycles. The molecule has 1 fully saturated rings. The summed E-state index contributed by atoms with van der Waals surface area (Å²) in [6, 6.07) is 4.05. The molecule has 134 valence electrons. The lowest BCUT2D eigenvalue weighted by molar-refractivity contribution is 0.0829. The van der Waals surface area contributed by atoms with Crippen LogP contribution < -0.4 is 4.90 Å². The summed E-state index contributed by atoms with van der Waals surface area (Å²) in [5.41, 5.74) is 2.12. The van der Waals surface area contributed by atoms with Crippen molar-refractivity contribution < 1.29 is 4.79 Å². The van der Waals surface area contributed by atoms with Crippen molar-refractivity contribution in [3.05, 3.63) is 47.8 Å². The quantitative estimate of drug-likeness (QED) is 0.717. The Balaban J connectivity index is 1.78. The van der Waals surface area contributed by atoms with Gasteiger partial charge >= 0.3 is 0 Å². The Morgan fingerprint density at radius 3 is 2.81 bits per heavy atom. The summed E-state index contributed by atoms with van der Waals surface area (Å²) in [4.78, 5) is 29.4. The van der Waals surface area contributed by atoms with Gasteiger partial charge in [0.05, 0.1) is 17.9 Å². The van der Waals surface area contributed by atoms with E-state index in [-0.39, 0.29) is 11.9 Å². The van der Waals surface area contributed by atoms with Crippen LogP contribution in [-0.2, 0) is 0 Å². The smallest absolute Gasteiger partial charge is 0.258 e. The van der Waals surface area contributed by atoms with Crippen molar-refractivity contribution in [1.29, 1.82) is 0 Å².